The second kappa shape index (κ2) is 5.86. The van der Waals surface area contributed by atoms with Crippen molar-refractivity contribution >= 4 is 0 Å². The van der Waals surface area contributed by atoms with Gasteiger partial charge in [0.25, 0.3) is 0 Å². The van der Waals surface area contributed by atoms with E-state index in [4.69, 9.17) is 0 Å². The normalized spacial score (nSPS) is 25.4. The van der Waals surface area contributed by atoms with Crippen molar-refractivity contribution in [3.63, 3.8) is 0 Å². The molecule has 2 nitrogen and oxygen atoms in total. The first-order valence-corrected chi connectivity index (χ1v) is 6.43. The molecule has 90 valence electrons. The highest BCUT2D eigenvalue weighted by Crippen LogP contribution is 2.36. The SMILES string of the molecule is CC(C)C.CN1CCC2(CCNC2)CC1. The van der Waals surface area contributed by atoms with Crippen molar-refractivity contribution in [3.8, 4) is 0 Å². The summed E-state index contributed by atoms with van der Waals surface area (Å²) in [5.74, 6) is 0.833. The van der Waals surface area contributed by atoms with Gasteiger partial charge in [0.15, 0.2) is 0 Å². The van der Waals surface area contributed by atoms with Gasteiger partial charge in [-0.25, -0.2) is 0 Å². The van der Waals surface area contributed by atoms with E-state index in [1.807, 2.05) is 0 Å². The van der Waals surface area contributed by atoms with Crippen LogP contribution in [-0.4, -0.2) is 38.1 Å². The minimum absolute atomic E-state index is 0.701. The van der Waals surface area contributed by atoms with Gasteiger partial charge in [-0.3, -0.25) is 0 Å². The second-order valence-electron chi connectivity index (χ2n) is 5.96. The molecule has 2 rings (SSSR count). The van der Waals surface area contributed by atoms with Crippen molar-refractivity contribution < 1.29 is 0 Å². The van der Waals surface area contributed by atoms with Crippen molar-refractivity contribution in [2.24, 2.45) is 11.3 Å². The Bertz CT molecular complexity index is 159. The lowest BCUT2D eigenvalue weighted by molar-refractivity contribution is 0.140. The van der Waals surface area contributed by atoms with E-state index in [-0.39, 0.29) is 0 Å². The number of nitrogens with zero attached hydrogens (tertiary/aromatic N) is 1. The minimum Gasteiger partial charge on any atom is -0.316 e. The maximum atomic E-state index is 3.48. The summed E-state index contributed by atoms with van der Waals surface area (Å²) in [6.07, 6.45) is 4.24. The van der Waals surface area contributed by atoms with E-state index in [0.29, 0.717) is 5.41 Å². The van der Waals surface area contributed by atoms with E-state index >= 15 is 0 Å². The molecule has 0 aromatic carbocycles. The average Bonchev–Trinajstić information content (AvgIpc) is 2.59. The van der Waals surface area contributed by atoms with Gasteiger partial charge < -0.3 is 10.2 Å². The highest BCUT2D eigenvalue weighted by atomic mass is 15.1. The zero-order chi connectivity index (χ0) is 11.3. The summed E-state index contributed by atoms with van der Waals surface area (Å²) in [5.41, 5.74) is 0.701. The smallest absolute Gasteiger partial charge is 0.000924 e. The monoisotopic (exact) mass is 212 g/mol. The van der Waals surface area contributed by atoms with Crippen molar-refractivity contribution in [3.05, 3.63) is 0 Å². The molecule has 2 fully saturated rings. The third kappa shape index (κ3) is 4.52. The Balaban J connectivity index is 0.000000245. The molecule has 0 aromatic rings. The number of piperidine rings is 1. The van der Waals surface area contributed by atoms with Gasteiger partial charge in [0.05, 0.1) is 0 Å². The molecule has 1 spiro atoms. The Morgan fingerprint density at radius 3 is 2.00 bits per heavy atom. The molecule has 1 N–H and O–H groups in total. The van der Waals surface area contributed by atoms with Gasteiger partial charge in [0.2, 0.25) is 0 Å². The molecule has 0 atom stereocenters. The summed E-state index contributed by atoms with van der Waals surface area (Å²) in [6, 6.07) is 0. The molecular weight excluding hydrogens is 184 g/mol. The van der Waals surface area contributed by atoms with Crippen molar-refractivity contribution in [1.82, 2.24) is 10.2 Å². The van der Waals surface area contributed by atoms with Gasteiger partial charge in [0, 0.05) is 6.54 Å². The van der Waals surface area contributed by atoms with Crippen LogP contribution in [0.3, 0.4) is 0 Å². The Morgan fingerprint density at radius 2 is 1.60 bits per heavy atom. The number of hydrogen-bond donors (Lipinski definition) is 1. The molecule has 2 aliphatic rings. The molecule has 2 saturated heterocycles. The maximum Gasteiger partial charge on any atom is 0.000924 e. The molecule has 2 heterocycles. The predicted octanol–water partition coefficient (Wildman–Crippen LogP) is 2.35. The molecule has 0 saturated carbocycles. The zero-order valence-corrected chi connectivity index (χ0v) is 11.0. The average molecular weight is 212 g/mol. The standard InChI is InChI=1S/C9H18N2.C4H10/c1-11-6-3-9(4-7-11)2-5-10-8-9;1-4(2)3/h10H,2-8H2,1H3;4H,1-3H3. The van der Waals surface area contributed by atoms with Gasteiger partial charge >= 0.3 is 0 Å². The molecule has 2 aliphatic heterocycles. The lowest BCUT2D eigenvalue weighted by Crippen LogP contribution is -2.39. The first kappa shape index (κ1) is 13.0. The van der Waals surface area contributed by atoms with Gasteiger partial charge in [-0.1, -0.05) is 20.8 Å². The summed E-state index contributed by atoms with van der Waals surface area (Å²) in [5, 5.41) is 3.48. The molecule has 0 bridgehead atoms. The molecular formula is C13H28N2. The van der Waals surface area contributed by atoms with Gasteiger partial charge in [-0.2, -0.15) is 0 Å². The predicted molar refractivity (Wildman–Crippen MR) is 67.2 cm³/mol. The van der Waals surface area contributed by atoms with Crippen LogP contribution in [0.5, 0.6) is 0 Å². The van der Waals surface area contributed by atoms with Crippen LogP contribution in [0.1, 0.15) is 40.0 Å². The van der Waals surface area contributed by atoms with E-state index in [1.54, 1.807) is 0 Å². The quantitative estimate of drug-likeness (QED) is 0.663. The second-order valence-corrected chi connectivity index (χ2v) is 5.96. The highest BCUT2D eigenvalue weighted by molar-refractivity contribution is 4.91. The Kier molecular flexibility index (Phi) is 5.07. The Labute approximate surface area is 95.4 Å². The molecule has 15 heavy (non-hydrogen) atoms. The van der Waals surface area contributed by atoms with Crippen LogP contribution >= 0.6 is 0 Å². The third-order valence-electron chi connectivity index (χ3n) is 3.38. The van der Waals surface area contributed by atoms with Crippen LogP contribution in [0.4, 0.5) is 0 Å². The van der Waals surface area contributed by atoms with Crippen LogP contribution in [0.25, 0.3) is 0 Å². The van der Waals surface area contributed by atoms with Crippen molar-refractivity contribution in [2.75, 3.05) is 33.2 Å². The van der Waals surface area contributed by atoms with E-state index in [0.717, 1.165) is 5.92 Å². The van der Waals surface area contributed by atoms with Crippen LogP contribution < -0.4 is 5.32 Å². The summed E-state index contributed by atoms with van der Waals surface area (Å²) in [4.78, 5) is 2.45. The summed E-state index contributed by atoms with van der Waals surface area (Å²) < 4.78 is 0. The summed E-state index contributed by atoms with van der Waals surface area (Å²) >= 11 is 0. The molecule has 0 aliphatic carbocycles. The Hall–Kier alpha value is -0.0800. The first-order valence-electron chi connectivity index (χ1n) is 6.43. The summed E-state index contributed by atoms with van der Waals surface area (Å²) in [6.45, 7) is 11.6. The minimum atomic E-state index is 0.701. The van der Waals surface area contributed by atoms with E-state index in [1.165, 1.54) is 45.4 Å². The number of likely N-dealkylation sites (tertiary alicyclic amines) is 1. The molecule has 0 amide bonds. The van der Waals surface area contributed by atoms with E-state index < -0.39 is 0 Å². The lowest BCUT2D eigenvalue weighted by atomic mass is 9.78. The summed E-state index contributed by atoms with van der Waals surface area (Å²) in [7, 11) is 2.23. The molecule has 0 radical (unpaired) electrons. The fourth-order valence-electron chi connectivity index (χ4n) is 2.32. The van der Waals surface area contributed by atoms with E-state index in [2.05, 4.69) is 38.0 Å². The molecule has 2 heteroatoms. The van der Waals surface area contributed by atoms with Crippen LogP contribution in [-0.2, 0) is 0 Å². The topological polar surface area (TPSA) is 15.3 Å². The number of rotatable bonds is 0. The van der Waals surface area contributed by atoms with E-state index in [9.17, 15) is 0 Å². The maximum absolute atomic E-state index is 3.48. The van der Waals surface area contributed by atoms with Crippen LogP contribution in [0.2, 0.25) is 0 Å². The first-order chi connectivity index (χ1) is 7.04. The van der Waals surface area contributed by atoms with Gasteiger partial charge in [0.1, 0.15) is 0 Å². The van der Waals surface area contributed by atoms with Crippen molar-refractivity contribution in [2.45, 2.75) is 40.0 Å². The zero-order valence-electron chi connectivity index (χ0n) is 11.0. The number of hydrogen-bond acceptors (Lipinski definition) is 2. The third-order valence-corrected chi connectivity index (χ3v) is 3.38. The van der Waals surface area contributed by atoms with Crippen LogP contribution in [0, 0.1) is 11.3 Å². The van der Waals surface area contributed by atoms with Gasteiger partial charge in [-0.05, 0) is 57.3 Å². The number of nitrogens with one attached hydrogen (secondary N) is 1. The van der Waals surface area contributed by atoms with Crippen molar-refractivity contribution in [1.29, 1.82) is 0 Å². The Morgan fingerprint density at radius 1 is 1.07 bits per heavy atom. The van der Waals surface area contributed by atoms with Crippen LogP contribution in [0.15, 0.2) is 0 Å². The largest absolute Gasteiger partial charge is 0.316 e. The highest BCUT2D eigenvalue weighted by Gasteiger charge is 2.35. The lowest BCUT2D eigenvalue weighted by Gasteiger charge is -2.37. The fourth-order valence-corrected chi connectivity index (χ4v) is 2.32. The van der Waals surface area contributed by atoms with Gasteiger partial charge in [-0.15, -0.1) is 0 Å². The molecule has 0 aromatic heterocycles. The molecule has 0 unspecified atom stereocenters. The fraction of sp³-hybridized carbons (Fsp3) is 1.00.